The summed E-state index contributed by atoms with van der Waals surface area (Å²) in [5, 5.41) is 2.92. The van der Waals surface area contributed by atoms with Crippen molar-refractivity contribution in [1.29, 1.82) is 0 Å². The molecule has 1 aliphatic heterocycles. The topological polar surface area (TPSA) is 95.7 Å². The summed E-state index contributed by atoms with van der Waals surface area (Å²) in [4.78, 5) is 43.7. The molecule has 0 saturated heterocycles. The summed E-state index contributed by atoms with van der Waals surface area (Å²) >= 11 is 0. The van der Waals surface area contributed by atoms with E-state index in [4.69, 9.17) is 5.73 Å². The summed E-state index contributed by atoms with van der Waals surface area (Å²) in [6.07, 6.45) is 2.43. The third-order valence-electron chi connectivity index (χ3n) is 6.80. The number of nitrogens with zero attached hydrogens (tertiary/aromatic N) is 2. The molecule has 2 amide bonds. The summed E-state index contributed by atoms with van der Waals surface area (Å²) in [5.41, 5.74) is 10.5. The van der Waals surface area contributed by atoms with Gasteiger partial charge in [0, 0.05) is 12.1 Å². The molecule has 0 saturated carbocycles. The fourth-order valence-electron chi connectivity index (χ4n) is 4.74. The van der Waals surface area contributed by atoms with Crippen LogP contribution in [0.5, 0.6) is 0 Å². The van der Waals surface area contributed by atoms with Crippen molar-refractivity contribution in [3.8, 4) is 0 Å². The van der Waals surface area contributed by atoms with Crippen LogP contribution in [0.2, 0.25) is 0 Å². The first-order valence-corrected chi connectivity index (χ1v) is 13.2. The normalized spacial score (nSPS) is 16.0. The molecule has 0 spiro atoms. The van der Waals surface area contributed by atoms with Crippen LogP contribution < -0.4 is 20.9 Å². The molecule has 1 aliphatic rings. The van der Waals surface area contributed by atoms with Gasteiger partial charge in [0.25, 0.3) is 5.91 Å². The Balaban J connectivity index is 1.68. The Morgan fingerprint density at radius 2 is 1.68 bits per heavy atom. The summed E-state index contributed by atoms with van der Waals surface area (Å²) < 4.78 is 0. The van der Waals surface area contributed by atoms with Gasteiger partial charge in [-0.05, 0) is 55.2 Å². The second kappa shape index (κ2) is 12.5. The van der Waals surface area contributed by atoms with Crippen molar-refractivity contribution < 1.29 is 14.4 Å². The van der Waals surface area contributed by atoms with Crippen LogP contribution in [0.25, 0.3) is 0 Å². The van der Waals surface area contributed by atoms with Gasteiger partial charge in [-0.2, -0.15) is 0 Å². The number of carbonyl (C=O) groups excluding carboxylic acids is 3. The van der Waals surface area contributed by atoms with Crippen LogP contribution in [0.4, 0.5) is 17.1 Å². The smallest absolute Gasteiger partial charge is 0.251 e. The molecule has 7 nitrogen and oxygen atoms in total. The highest BCUT2D eigenvalue weighted by Crippen LogP contribution is 2.38. The Kier molecular flexibility index (Phi) is 8.92. The molecule has 0 bridgehead atoms. The number of nitrogens with two attached hydrogens (primary N) is 1. The molecule has 3 aromatic rings. The van der Waals surface area contributed by atoms with E-state index >= 15 is 0 Å². The van der Waals surface area contributed by atoms with Crippen molar-refractivity contribution in [1.82, 2.24) is 5.32 Å². The van der Waals surface area contributed by atoms with Gasteiger partial charge in [0.15, 0.2) is 5.78 Å². The molecular weight excluding hydrogens is 476 g/mol. The molecule has 0 aliphatic carbocycles. The Hall–Kier alpha value is -3.97. The highest BCUT2D eigenvalue weighted by molar-refractivity contribution is 6.07. The van der Waals surface area contributed by atoms with Gasteiger partial charge in [-0.3, -0.25) is 14.4 Å². The van der Waals surface area contributed by atoms with Crippen LogP contribution in [0.3, 0.4) is 0 Å². The fraction of sp³-hybridized carbons (Fsp3) is 0.323. The number of aryl methyl sites for hydroxylation is 1. The van der Waals surface area contributed by atoms with Gasteiger partial charge in [-0.25, -0.2) is 0 Å². The maximum atomic E-state index is 14.0. The number of benzene rings is 3. The first-order valence-electron chi connectivity index (χ1n) is 13.2. The van der Waals surface area contributed by atoms with Crippen molar-refractivity contribution in [2.24, 2.45) is 5.73 Å². The van der Waals surface area contributed by atoms with E-state index in [2.05, 4.69) is 5.32 Å². The average Bonchev–Trinajstić information content (AvgIpc) is 3.03. The number of para-hydroxylation sites is 1. The van der Waals surface area contributed by atoms with Crippen LogP contribution in [-0.4, -0.2) is 42.8 Å². The lowest BCUT2D eigenvalue weighted by molar-refractivity contribution is -0.128. The third kappa shape index (κ3) is 6.47. The summed E-state index contributed by atoms with van der Waals surface area (Å²) in [5.74, 6) is -0.730. The summed E-state index contributed by atoms with van der Waals surface area (Å²) in [7, 11) is 0. The zero-order chi connectivity index (χ0) is 27.1. The van der Waals surface area contributed by atoms with Gasteiger partial charge in [-0.1, -0.05) is 67.9 Å². The monoisotopic (exact) mass is 512 g/mol. The predicted octanol–water partition coefficient (Wildman–Crippen LogP) is 4.29. The molecule has 0 aromatic heterocycles. The molecule has 1 heterocycles. The zero-order valence-electron chi connectivity index (χ0n) is 22.1. The number of hydrogen-bond donors (Lipinski definition) is 2. The SMILES string of the molecule is CCCCC(=O)CN1C(=O)C(NC(=O)C(N)Cc2ccccc2)CN(c2ccccc2)c2ccc(C)cc21. The minimum absolute atomic E-state index is 0.00771. The lowest BCUT2D eigenvalue weighted by atomic mass is 10.1. The van der Waals surface area contributed by atoms with Crippen molar-refractivity contribution >= 4 is 34.7 Å². The summed E-state index contributed by atoms with van der Waals surface area (Å²) in [6.45, 7) is 4.16. The molecule has 3 aromatic carbocycles. The number of Topliss-reactive ketones (excluding diaryl/α,β-unsaturated/α-hetero) is 1. The van der Waals surface area contributed by atoms with Gasteiger partial charge in [0.1, 0.15) is 6.04 Å². The Labute approximate surface area is 224 Å². The van der Waals surface area contributed by atoms with Gasteiger partial charge in [-0.15, -0.1) is 0 Å². The van der Waals surface area contributed by atoms with Gasteiger partial charge >= 0.3 is 0 Å². The number of anilines is 3. The Morgan fingerprint density at radius 1 is 1.00 bits per heavy atom. The Morgan fingerprint density at radius 3 is 2.37 bits per heavy atom. The molecular formula is C31H36N4O3. The van der Waals surface area contributed by atoms with E-state index in [0.717, 1.165) is 35.3 Å². The largest absolute Gasteiger partial charge is 0.341 e. The molecule has 0 fully saturated rings. The number of unbranched alkanes of at least 4 members (excludes halogenated alkanes) is 1. The van der Waals surface area contributed by atoms with E-state index in [-0.39, 0.29) is 24.8 Å². The van der Waals surface area contributed by atoms with E-state index in [1.54, 1.807) is 0 Å². The van der Waals surface area contributed by atoms with E-state index in [1.165, 1.54) is 4.90 Å². The van der Waals surface area contributed by atoms with Gasteiger partial charge in [0.05, 0.1) is 30.5 Å². The van der Waals surface area contributed by atoms with E-state index < -0.39 is 18.0 Å². The zero-order valence-corrected chi connectivity index (χ0v) is 22.1. The standard InChI is InChI=1S/C31H36N4O3/c1-3-4-15-25(36)20-35-29-18-22(2)16-17-28(29)34(24-13-9-6-10-14-24)21-27(31(35)38)33-30(37)26(32)19-23-11-7-5-8-12-23/h5-14,16-18,26-27H,3-4,15,19-21,32H2,1-2H3,(H,33,37). The van der Waals surface area contributed by atoms with Crippen LogP contribution in [-0.2, 0) is 20.8 Å². The van der Waals surface area contributed by atoms with E-state index in [9.17, 15) is 14.4 Å². The van der Waals surface area contributed by atoms with Crippen LogP contribution >= 0.6 is 0 Å². The second-order valence-corrected chi connectivity index (χ2v) is 9.86. The lowest BCUT2D eigenvalue weighted by Gasteiger charge is -2.27. The molecule has 4 rings (SSSR count). The number of hydrogen-bond acceptors (Lipinski definition) is 5. The number of ketones is 1. The molecule has 2 unspecified atom stereocenters. The van der Waals surface area contributed by atoms with Crippen molar-refractivity contribution in [2.45, 2.75) is 51.6 Å². The van der Waals surface area contributed by atoms with Crippen molar-refractivity contribution in [3.63, 3.8) is 0 Å². The number of fused-ring (bicyclic) bond motifs is 1. The van der Waals surface area contributed by atoms with Gasteiger partial charge in [0.2, 0.25) is 5.91 Å². The average molecular weight is 513 g/mol. The van der Waals surface area contributed by atoms with Crippen molar-refractivity contribution in [3.05, 3.63) is 90.0 Å². The summed E-state index contributed by atoms with van der Waals surface area (Å²) in [6, 6.07) is 23.5. The molecule has 2 atom stereocenters. The maximum Gasteiger partial charge on any atom is 0.251 e. The van der Waals surface area contributed by atoms with E-state index in [1.807, 2.05) is 97.6 Å². The number of rotatable bonds is 10. The predicted molar refractivity (Wildman–Crippen MR) is 152 cm³/mol. The maximum absolute atomic E-state index is 14.0. The number of carbonyl (C=O) groups is 3. The second-order valence-electron chi connectivity index (χ2n) is 9.86. The van der Waals surface area contributed by atoms with E-state index in [0.29, 0.717) is 18.5 Å². The highest BCUT2D eigenvalue weighted by Gasteiger charge is 2.36. The van der Waals surface area contributed by atoms with Crippen LogP contribution in [0.15, 0.2) is 78.9 Å². The quantitative estimate of drug-likeness (QED) is 0.422. The molecule has 198 valence electrons. The van der Waals surface area contributed by atoms with Crippen LogP contribution in [0, 0.1) is 6.92 Å². The molecule has 3 N–H and O–H groups in total. The number of amides is 2. The van der Waals surface area contributed by atoms with Gasteiger partial charge < -0.3 is 20.9 Å². The van der Waals surface area contributed by atoms with Crippen molar-refractivity contribution in [2.75, 3.05) is 22.9 Å². The minimum Gasteiger partial charge on any atom is -0.341 e. The minimum atomic E-state index is -0.892. The van der Waals surface area contributed by atoms with Crippen LogP contribution in [0.1, 0.15) is 37.3 Å². The molecule has 7 heteroatoms. The third-order valence-corrected chi connectivity index (χ3v) is 6.80. The molecule has 38 heavy (non-hydrogen) atoms. The highest BCUT2D eigenvalue weighted by atomic mass is 16.2. The first kappa shape index (κ1) is 27.1. The Bertz CT molecular complexity index is 1260. The number of nitrogens with one attached hydrogen (secondary N) is 1. The fourth-order valence-corrected chi connectivity index (χ4v) is 4.74. The first-order chi connectivity index (χ1) is 18.4. The lowest BCUT2D eigenvalue weighted by Crippen LogP contribution is -2.56. The molecule has 0 radical (unpaired) electrons.